The average Bonchev–Trinajstić information content (AvgIpc) is 3.18. The number of carbonyl (C=O) groups excluding carboxylic acids is 1. The summed E-state index contributed by atoms with van der Waals surface area (Å²) >= 11 is 0. The molecule has 0 spiro atoms. The second kappa shape index (κ2) is 8.31. The van der Waals surface area contributed by atoms with Gasteiger partial charge < -0.3 is 23.6 Å². The van der Waals surface area contributed by atoms with E-state index in [4.69, 9.17) is 18.3 Å². The van der Waals surface area contributed by atoms with E-state index in [0.717, 1.165) is 53.4 Å². The zero-order valence-corrected chi connectivity index (χ0v) is 18.9. The standard InChI is InChI=1S/C26H25NO6/c1-14-17-11-19-16-6-4-5-7-21(16)32-24(19)13-23(17)33-26(29)18(14)12-25(28)27-20-10-15(30-2)8-9-22(20)31-3/h8-11,13H,4-7,12H2,1-3H3,(H,27,28). The van der Waals surface area contributed by atoms with Gasteiger partial charge in [0.05, 0.1) is 31.9 Å². The number of furan rings is 1. The summed E-state index contributed by atoms with van der Waals surface area (Å²) in [6.07, 6.45) is 4.06. The lowest BCUT2D eigenvalue weighted by molar-refractivity contribution is -0.115. The molecule has 2 aromatic heterocycles. The summed E-state index contributed by atoms with van der Waals surface area (Å²) in [5.41, 5.74) is 3.47. The van der Waals surface area contributed by atoms with Gasteiger partial charge in [0.25, 0.3) is 0 Å². The van der Waals surface area contributed by atoms with E-state index < -0.39 is 5.63 Å². The molecule has 0 aliphatic heterocycles. The average molecular weight is 447 g/mol. The minimum atomic E-state index is -0.525. The van der Waals surface area contributed by atoms with Crippen molar-refractivity contribution in [3.05, 3.63) is 63.2 Å². The van der Waals surface area contributed by atoms with Crippen LogP contribution in [0.3, 0.4) is 0 Å². The van der Waals surface area contributed by atoms with Crippen molar-refractivity contribution in [3.63, 3.8) is 0 Å². The molecule has 7 heteroatoms. The first kappa shape index (κ1) is 21.1. The van der Waals surface area contributed by atoms with Crippen LogP contribution in [-0.4, -0.2) is 20.1 Å². The van der Waals surface area contributed by atoms with Gasteiger partial charge in [0, 0.05) is 34.9 Å². The Bertz CT molecular complexity index is 1450. The minimum Gasteiger partial charge on any atom is -0.497 e. The number of hydrogen-bond acceptors (Lipinski definition) is 6. The molecule has 170 valence electrons. The van der Waals surface area contributed by atoms with Crippen molar-refractivity contribution in [2.24, 2.45) is 0 Å². The summed E-state index contributed by atoms with van der Waals surface area (Å²) in [4.78, 5) is 25.6. The first-order chi connectivity index (χ1) is 16.0. The number of nitrogens with one attached hydrogen (secondary N) is 1. The third-order valence-corrected chi connectivity index (χ3v) is 6.38. The van der Waals surface area contributed by atoms with Gasteiger partial charge in [-0.15, -0.1) is 0 Å². The number of rotatable bonds is 5. The van der Waals surface area contributed by atoms with E-state index in [2.05, 4.69) is 5.32 Å². The van der Waals surface area contributed by atoms with Crippen molar-refractivity contribution < 1.29 is 23.1 Å². The Balaban J connectivity index is 1.51. The lowest BCUT2D eigenvalue weighted by atomic mass is 9.94. The largest absolute Gasteiger partial charge is 0.497 e. The fourth-order valence-electron chi connectivity index (χ4n) is 4.62. The van der Waals surface area contributed by atoms with Gasteiger partial charge in [0.1, 0.15) is 28.4 Å². The van der Waals surface area contributed by atoms with Gasteiger partial charge in [-0.2, -0.15) is 0 Å². The fourth-order valence-corrected chi connectivity index (χ4v) is 4.62. The first-order valence-corrected chi connectivity index (χ1v) is 11.0. The van der Waals surface area contributed by atoms with Gasteiger partial charge in [-0.05, 0) is 49.9 Å². The van der Waals surface area contributed by atoms with E-state index in [-0.39, 0.29) is 12.3 Å². The summed E-state index contributed by atoms with van der Waals surface area (Å²) < 4.78 is 22.2. The number of benzene rings is 2. The molecule has 0 atom stereocenters. The molecule has 33 heavy (non-hydrogen) atoms. The van der Waals surface area contributed by atoms with Gasteiger partial charge in [0.15, 0.2) is 0 Å². The predicted molar refractivity (Wildman–Crippen MR) is 126 cm³/mol. The van der Waals surface area contributed by atoms with Crippen LogP contribution < -0.4 is 20.4 Å². The molecule has 2 aromatic carbocycles. The number of carbonyl (C=O) groups is 1. The van der Waals surface area contributed by atoms with Gasteiger partial charge in [-0.25, -0.2) is 4.79 Å². The van der Waals surface area contributed by atoms with E-state index in [1.54, 1.807) is 31.4 Å². The quantitative estimate of drug-likeness (QED) is 0.437. The van der Waals surface area contributed by atoms with Crippen LogP contribution in [0.4, 0.5) is 5.69 Å². The third kappa shape index (κ3) is 3.73. The summed E-state index contributed by atoms with van der Waals surface area (Å²) in [6.45, 7) is 1.85. The SMILES string of the molecule is COc1ccc(OC)c(NC(=O)Cc2c(C)c3cc4c5c(oc4cc3oc2=O)CCCC5)c1. The maximum Gasteiger partial charge on any atom is 0.340 e. The van der Waals surface area contributed by atoms with E-state index in [1.807, 2.05) is 13.0 Å². The Labute approximate surface area is 190 Å². The topological polar surface area (TPSA) is 90.9 Å². The number of hydrogen-bond donors (Lipinski definition) is 1. The van der Waals surface area contributed by atoms with E-state index in [9.17, 15) is 9.59 Å². The highest BCUT2D eigenvalue weighted by atomic mass is 16.5. The van der Waals surface area contributed by atoms with Crippen molar-refractivity contribution in [1.82, 2.24) is 0 Å². The molecule has 0 unspecified atom stereocenters. The van der Waals surface area contributed by atoms with Crippen molar-refractivity contribution in [1.29, 1.82) is 0 Å². The Morgan fingerprint density at radius 3 is 2.58 bits per heavy atom. The Kier molecular flexibility index (Phi) is 5.32. The molecule has 1 aliphatic rings. The summed E-state index contributed by atoms with van der Waals surface area (Å²) in [5.74, 6) is 1.76. The number of aryl methyl sites for hydroxylation is 3. The highest BCUT2D eigenvalue weighted by Gasteiger charge is 2.21. The third-order valence-electron chi connectivity index (χ3n) is 6.38. The van der Waals surface area contributed by atoms with Crippen molar-refractivity contribution in [2.75, 3.05) is 19.5 Å². The van der Waals surface area contributed by atoms with Gasteiger partial charge in [-0.1, -0.05) is 0 Å². The lowest BCUT2D eigenvalue weighted by Crippen LogP contribution is -2.21. The molecule has 0 fully saturated rings. The van der Waals surface area contributed by atoms with Crippen molar-refractivity contribution in [3.8, 4) is 11.5 Å². The predicted octanol–water partition coefficient (Wildman–Crippen LogP) is 4.92. The Hall–Kier alpha value is -3.74. The number of methoxy groups -OCH3 is 2. The summed E-state index contributed by atoms with van der Waals surface area (Å²) in [5, 5.41) is 4.69. The molecule has 1 aliphatic carbocycles. The zero-order chi connectivity index (χ0) is 23.1. The van der Waals surface area contributed by atoms with E-state index in [1.165, 1.54) is 12.7 Å². The van der Waals surface area contributed by atoms with E-state index in [0.29, 0.717) is 28.3 Å². The highest BCUT2D eigenvalue weighted by Crippen LogP contribution is 2.35. The number of anilines is 1. The zero-order valence-electron chi connectivity index (χ0n) is 18.9. The molecule has 5 rings (SSSR count). The summed E-state index contributed by atoms with van der Waals surface area (Å²) in [7, 11) is 3.07. The molecule has 0 radical (unpaired) electrons. The van der Waals surface area contributed by atoms with E-state index >= 15 is 0 Å². The maximum atomic E-state index is 12.8. The fraction of sp³-hybridized carbons (Fsp3) is 0.308. The van der Waals surface area contributed by atoms with Gasteiger partial charge in [-0.3, -0.25) is 4.79 Å². The number of fused-ring (bicyclic) bond motifs is 4. The molecule has 0 saturated carbocycles. The monoisotopic (exact) mass is 447 g/mol. The first-order valence-electron chi connectivity index (χ1n) is 11.0. The molecule has 7 nitrogen and oxygen atoms in total. The molecule has 0 bridgehead atoms. The van der Waals surface area contributed by atoms with Crippen molar-refractivity contribution >= 4 is 33.5 Å². The van der Waals surface area contributed by atoms with Crippen LogP contribution in [0.2, 0.25) is 0 Å². The minimum absolute atomic E-state index is 0.119. The second-order valence-electron chi connectivity index (χ2n) is 8.34. The van der Waals surface area contributed by atoms with Gasteiger partial charge in [0.2, 0.25) is 5.91 Å². The smallest absolute Gasteiger partial charge is 0.340 e. The Morgan fingerprint density at radius 1 is 1.00 bits per heavy atom. The second-order valence-corrected chi connectivity index (χ2v) is 8.34. The maximum absolute atomic E-state index is 12.8. The normalized spacial score (nSPS) is 13.2. The van der Waals surface area contributed by atoms with Crippen LogP contribution in [0.25, 0.3) is 21.9 Å². The molecule has 1 N–H and O–H groups in total. The number of amides is 1. The van der Waals surface area contributed by atoms with Crippen LogP contribution in [-0.2, 0) is 24.1 Å². The van der Waals surface area contributed by atoms with Crippen molar-refractivity contribution in [2.45, 2.75) is 39.0 Å². The molecular formula is C26H25NO6. The molecule has 2 heterocycles. The Morgan fingerprint density at radius 2 is 1.79 bits per heavy atom. The summed E-state index contributed by atoms with van der Waals surface area (Å²) in [6, 6.07) is 8.95. The van der Waals surface area contributed by atoms with Crippen LogP contribution >= 0.6 is 0 Å². The lowest BCUT2D eigenvalue weighted by Gasteiger charge is -2.12. The van der Waals surface area contributed by atoms with Crippen LogP contribution in [0, 0.1) is 6.92 Å². The van der Waals surface area contributed by atoms with Crippen LogP contribution in [0.1, 0.15) is 35.3 Å². The van der Waals surface area contributed by atoms with Crippen LogP contribution in [0.5, 0.6) is 11.5 Å². The molecule has 0 saturated heterocycles. The molecule has 4 aromatic rings. The number of ether oxygens (including phenoxy) is 2. The molecular weight excluding hydrogens is 422 g/mol. The molecule has 1 amide bonds. The highest BCUT2D eigenvalue weighted by molar-refractivity contribution is 5.98. The van der Waals surface area contributed by atoms with Crippen LogP contribution in [0.15, 0.2) is 44.0 Å². The van der Waals surface area contributed by atoms with Gasteiger partial charge >= 0.3 is 5.63 Å².